The molecule has 0 saturated carbocycles. The summed E-state index contributed by atoms with van der Waals surface area (Å²) >= 11 is 13.7. The third-order valence-corrected chi connectivity index (χ3v) is 7.34. The van der Waals surface area contributed by atoms with Gasteiger partial charge in [0.1, 0.15) is 10.4 Å². The van der Waals surface area contributed by atoms with Gasteiger partial charge in [0, 0.05) is 10.7 Å². The first-order valence-corrected chi connectivity index (χ1v) is 11.4. The van der Waals surface area contributed by atoms with E-state index in [0.29, 0.717) is 20.6 Å². The molecule has 0 spiro atoms. The summed E-state index contributed by atoms with van der Waals surface area (Å²) in [6.07, 6.45) is 0. The molecule has 0 aromatic heterocycles. The molecule has 8 heteroatoms. The highest BCUT2D eigenvalue weighted by atomic mass is 35.5. The number of methoxy groups -OCH3 is 1. The number of amidine groups is 1. The number of esters is 1. The Kier molecular flexibility index (Phi) is 5.75. The van der Waals surface area contributed by atoms with Crippen LogP contribution in [0.3, 0.4) is 0 Å². The maximum absolute atomic E-state index is 12.5. The number of nitrogen functional groups attached to an aromatic ring is 1. The van der Waals surface area contributed by atoms with E-state index in [0.717, 1.165) is 22.0 Å². The smallest absolute Gasteiger partial charge is 0.346 e. The molecule has 4 rings (SSSR count). The lowest BCUT2D eigenvalue weighted by atomic mass is 9.81. The summed E-state index contributed by atoms with van der Waals surface area (Å²) in [4.78, 5) is 20.4. The van der Waals surface area contributed by atoms with Gasteiger partial charge in [-0.15, -0.1) is 0 Å². The van der Waals surface area contributed by atoms with E-state index in [1.165, 1.54) is 18.9 Å². The van der Waals surface area contributed by atoms with E-state index in [1.807, 2.05) is 36.4 Å². The van der Waals surface area contributed by atoms with Crippen molar-refractivity contribution in [2.45, 2.75) is 32.4 Å². The molecular weight excluding hydrogens is 453 g/mol. The number of halogens is 2. The highest BCUT2D eigenvalue weighted by Crippen LogP contribution is 2.56. The molecule has 2 N–H and O–H groups in total. The van der Waals surface area contributed by atoms with Crippen molar-refractivity contribution in [2.75, 3.05) is 12.8 Å². The molecule has 0 saturated heterocycles. The van der Waals surface area contributed by atoms with Gasteiger partial charge in [0.05, 0.1) is 23.9 Å². The Bertz CT molecular complexity index is 1110. The van der Waals surface area contributed by atoms with Crippen LogP contribution in [0.1, 0.15) is 37.9 Å². The van der Waals surface area contributed by atoms with Crippen molar-refractivity contribution in [1.82, 2.24) is 4.90 Å². The summed E-state index contributed by atoms with van der Waals surface area (Å²) < 4.78 is 5.05. The van der Waals surface area contributed by atoms with Gasteiger partial charge in [0.25, 0.3) is 0 Å². The summed E-state index contributed by atoms with van der Waals surface area (Å²) in [5, 5.41) is 1.93. The van der Waals surface area contributed by atoms with Crippen LogP contribution >= 0.6 is 35.0 Å². The van der Waals surface area contributed by atoms with Gasteiger partial charge in [-0.25, -0.2) is 9.79 Å². The first-order valence-electron chi connectivity index (χ1n) is 9.87. The van der Waals surface area contributed by atoms with E-state index in [-0.39, 0.29) is 17.9 Å². The minimum atomic E-state index is -0.656. The quantitative estimate of drug-likeness (QED) is 0.434. The number of hydrogen-bond acceptors (Lipinski definition) is 6. The molecular formula is C23H23Cl2N3O2S. The Morgan fingerprint density at radius 2 is 1.90 bits per heavy atom. The number of fused-ring (bicyclic) bond motifs is 1. The van der Waals surface area contributed by atoms with Crippen LogP contribution in [0.25, 0.3) is 0 Å². The number of rotatable bonds is 4. The van der Waals surface area contributed by atoms with E-state index in [2.05, 4.69) is 25.7 Å². The molecule has 2 heterocycles. The van der Waals surface area contributed by atoms with Gasteiger partial charge in [-0.1, -0.05) is 55.2 Å². The van der Waals surface area contributed by atoms with Gasteiger partial charge in [-0.3, -0.25) is 0 Å². The second-order valence-electron chi connectivity index (χ2n) is 8.06. The van der Waals surface area contributed by atoms with Crippen molar-refractivity contribution in [1.29, 1.82) is 0 Å². The van der Waals surface area contributed by atoms with Gasteiger partial charge in [0.2, 0.25) is 0 Å². The molecule has 0 radical (unpaired) electrons. The molecule has 0 bridgehead atoms. The first kappa shape index (κ1) is 22.1. The van der Waals surface area contributed by atoms with Gasteiger partial charge in [0.15, 0.2) is 5.17 Å². The molecule has 2 aromatic rings. The molecule has 5 nitrogen and oxygen atoms in total. The van der Waals surface area contributed by atoms with Crippen molar-refractivity contribution in [3.63, 3.8) is 0 Å². The lowest BCUT2D eigenvalue weighted by Gasteiger charge is -2.37. The first-order chi connectivity index (χ1) is 14.7. The molecule has 162 valence electrons. The average Bonchev–Trinajstić information content (AvgIpc) is 3.23. The fourth-order valence-corrected chi connectivity index (χ4v) is 5.79. The topological polar surface area (TPSA) is 67.9 Å². The number of thioether (sulfide) groups is 1. The summed E-state index contributed by atoms with van der Waals surface area (Å²) in [5.74, 6) is -0.264. The maximum Gasteiger partial charge on any atom is 0.346 e. The number of ether oxygens (including phenoxy) is 1. The number of carbonyl (C=O) groups excluding carboxylic acids is 1. The number of aliphatic imine (C=N–C) groups is 1. The average molecular weight is 476 g/mol. The van der Waals surface area contributed by atoms with E-state index in [4.69, 9.17) is 38.7 Å². The van der Waals surface area contributed by atoms with Crippen LogP contribution in [-0.4, -0.2) is 23.1 Å². The molecule has 2 atom stereocenters. The fourth-order valence-electron chi connectivity index (χ4n) is 4.22. The summed E-state index contributed by atoms with van der Waals surface area (Å²) in [7, 11) is 1.40. The van der Waals surface area contributed by atoms with Crippen LogP contribution in [0.5, 0.6) is 0 Å². The Morgan fingerprint density at radius 3 is 2.48 bits per heavy atom. The predicted molar refractivity (Wildman–Crippen MR) is 128 cm³/mol. The summed E-state index contributed by atoms with van der Waals surface area (Å²) in [6, 6.07) is 13.2. The van der Waals surface area contributed by atoms with Crippen LogP contribution in [0.15, 0.2) is 58.1 Å². The molecule has 0 amide bonds. The number of anilines is 1. The number of nitrogens with two attached hydrogens (primary N) is 1. The summed E-state index contributed by atoms with van der Waals surface area (Å²) in [5.41, 5.74) is 8.86. The van der Waals surface area contributed by atoms with Crippen molar-refractivity contribution in [3.05, 3.63) is 74.2 Å². The zero-order valence-corrected chi connectivity index (χ0v) is 20.0. The third-order valence-electron chi connectivity index (χ3n) is 5.69. The molecule has 2 aromatic carbocycles. The molecule has 2 aliphatic rings. The van der Waals surface area contributed by atoms with E-state index in [9.17, 15) is 4.79 Å². The van der Waals surface area contributed by atoms with E-state index in [1.54, 1.807) is 6.07 Å². The van der Waals surface area contributed by atoms with Crippen LogP contribution in [0.2, 0.25) is 10.0 Å². The Morgan fingerprint density at radius 1 is 1.23 bits per heavy atom. The molecule has 2 unspecified atom stereocenters. The second-order valence-corrected chi connectivity index (χ2v) is 9.89. The maximum atomic E-state index is 12.5. The lowest BCUT2D eigenvalue weighted by molar-refractivity contribution is -0.135. The second kappa shape index (κ2) is 8.08. The molecule has 2 aliphatic heterocycles. The minimum absolute atomic E-state index is 0.0849. The zero-order chi connectivity index (χ0) is 22.5. The van der Waals surface area contributed by atoms with Gasteiger partial charge in [-0.05, 0) is 60.0 Å². The number of benzene rings is 2. The normalized spacial score (nSPS) is 22.7. The molecule has 31 heavy (non-hydrogen) atoms. The lowest BCUT2D eigenvalue weighted by Crippen LogP contribution is -2.36. The van der Waals surface area contributed by atoms with E-state index >= 15 is 0 Å². The molecule has 0 fully saturated rings. The Hall–Kier alpha value is -2.15. The standard InChI is InChI=1S/C23H23Cl2N3O2S/c1-12(2)18-19(21(29)30-4)31-22-27-23(3,14-7-10-16(25)17(26)11-14)20(28(18)22)13-5-8-15(24)9-6-13/h5-12,20H,26H2,1-4H3. The van der Waals surface area contributed by atoms with Crippen molar-refractivity contribution >= 4 is 51.8 Å². The Balaban J connectivity index is 1.93. The largest absolute Gasteiger partial charge is 0.465 e. The van der Waals surface area contributed by atoms with Crippen molar-refractivity contribution in [2.24, 2.45) is 10.9 Å². The fraction of sp³-hybridized carbons (Fsp3) is 0.304. The van der Waals surface area contributed by atoms with Crippen LogP contribution in [0, 0.1) is 5.92 Å². The van der Waals surface area contributed by atoms with E-state index < -0.39 is 5.54 Å². The van der Waals surface area contributed by atoms with Gasteiger partial charge in [-0.2, -0.15) is 0 Å². The predicted octanol–water partition coefficient (Wildman–Crippen LogP) is 5.99. The highest BCUT2D eigenvalue weighted by molar-refractivity contribution is 8.18. The SMILES string of the molecule is COC(=O)C1=C(C(C)C)N2C(=NC(C)(c3ccc(Cl)c(N)c3)C2c2ccc(Cl)cc2)S1. The zero-order valence-electron chi connectivity index (χ0n) is 17.6. The highest BCUT2D eigenvalue weighted by Gasteiger charge is 2.53. The Labute approximate surface area is 196 Å². The van der Waals surface area contributed by atoms with Crippen LogP contribution in [0.4, 0.5) is 5.69 Å². The van der Waals surface area contributed by atoms with Crippen LogP contribution in [-0.2, 0) is 15.1 Å². The van der Waals surface area contributed by atoms with Crippen LogP contribution < -0.4 is 5.73 Å². The number of nitrogens with zero attached hydrogens (tertiary/aromatic N) is 2. The van der Waals surface area contributed by atoms with Gasteiger partial charge < -0.3 is 15.4 Å². The molecule has 0 aliphatic carbocycles. The number of allylic oxidation sites excluding steroid dienone is 1. The van der Waals surface area contributed by atoms with Crippen molar-refractivity contribution < 1.29 is 9.53 Å². The number of carbonyl (C=O) groups is 1. The third kappa shape index (κ3) is 3.60. The monoisotopic (exact) mass is 475 g/mol. The number of hydrogen-bond donors (Lipinski definition) is 1. The van der Waals surface area contributed by atoms with Crippen molar-refractivity contribution in [3.8, 4) is 0 Å². The summed E-state index contributed by atoms with van der Waals surface area (Å²) in [6.45, 7) is 6.21. The van der Waals surface area contributed by atoms with Gasteiger partial charge >= 0.3 is 5.97 Å². The minimum Gasteiger partial charge on any atom is -0.465 e.